The van der Waals surface area contributed by atoms with Gasteiger partial charge in [-0.15, -0.1) is 0 Å². The van der Waals surface area contributed by atoms with Crippen LogP contribution in [-0.4, -0.2) is 35.9 Å². The first kappa shape index (κ1) is 9.53. The fraction of sp³-hybridized carbons (Fsp3) is 0.250. The number of hydrogen-bond acceptors (Lipinski definition) is 6. The van der Waals surface area contributed by atoms with Gasteiger partial charge in [-0.2, -0.15) is 0 Å². The average Bonchev–Trinajstić information content (AvgIpc) is 2.27. The fourth-order valence-electron chi connectivity index (χ4n) is 1.32. The maximum atomic E-state index is 11.5. The minimum atomic E-state index is -0.340. The lowest BCUT2D eigenvalue weighted by molar-refractivity contribution is 0.645. The van der Waals surface area contributed by atoms with Gasteiger partial charge >= 0.3 is 0 Å². The van der Waals surface area contributed by atoms with E-state index in [0.717, 1.165) is 0 Å². The number of amidine groups is 1. The first-order valence-corrected chi connectivity index (χ1v) is 4.32. The largest absolute Gasteiger partial charge is 0.335 e. The highest BCUT2D eigenvalue weighted by Gasteiger charge is 2.22. The number of nitrogens with zero attached hydrogens (tertiary/aromatic N) is 3. The molecule has 3 N–H and O–H groups in total. The molecule has 0 spiro atoms. The van der Waals surface area contributed by atoms with Crippen molar-refractivity contribution in [3.8, 4) is 0 Å². The molecule has 0 saturated carbocycles. The van der Waals surface area contributed by atoms with Crippen LogP contribution in [0.2, 0.25) is 0 Å². The molecule has 1 aromatic heterocycles. The standard InChI is InChI=1S/C8H10N6O/c1-9-5-4-6(11-3-12-7(4)15)14-8(10-2)13-5/h3,8,10H,1H2,2H3,(H2,11,12,14,15). The summed E-state index contributed by atoms with van der Waals surface area (Å²) in [4.78, 5) is 25.8. The summed E-state index contributed by atoms with van der Waals surface area (Å²) < 4.78 is 0. The van der Waals surface area contributed by atoms with Gasteiger partial charge in [-0.05, 0) is 13.8 Å². The topological polar surface area (TPSA) is 94.5 Å². The molecule has 78 valence electrons. The summed E-state index contributed by atoms with van der Waals surface area (Å²) in [6.45, 7) is 3.38. The van der Waals surface area contributed by atoms with E-state index in [1.54, 1.807) is 7.05 Å². The molecule has 0 bridgehead atoms. The molecule has 0 radical (unpaired) electrons. The lowest BCUT2D eigenvalue weighted by Gasteiger charge is -2.21. The Balaban J connectivity index is 2.60. The Kier molecular flexibility index (Phi) is 2.30. The Bertz CT molecular complexity index is 476. The Morgan fingerprint density at radius 3 is 3.13 bits per heavy atom. The zero-order valence-electron chi connectivity index (χ0n) is 8.11. The van der Waals surface area contributed by atoms with Crippen LogP contribution in [0.3, 0.4) is 0 Å². The molecule has 15 heavy (non-hydrogen) atoms. The Morgan fingerprint density at radius 1 is 1.67 bits per heavy atom. The monoisotopic (exact) mass is 206 g/mol. The maximum absolute atomic E-state index is 11.5. The summed E-state index contributed by atoms with van der Waals surface area (Å²) in [6, 6.07) is 0. The number of aliphatic imine (C=N–C) groups is 2. The van der Waals surface area contributed by atoms with Crippen molar-refractivity contribution in [1.82, 2.24) is 15.3 Å². The third-order valence-electron chi connectivity index (χ3n) is 2.02. The maximum Gasteiger partial charge on any atom is 0.263 e. The third-order valence-corrected chi connectivity index (χ3v) is 2.02. The molecule has 7 nitrogen and oxygen atoms in total. The second-order valence-electron chi connectivity index (χ2n) is 2.90. The smallest absolute Gasteiger partial charge is 0.263 e. The first-order valence-electron chi connectivity index (χ1n) is 4.32. The highest BCUT2D eigenvalue weighted by atomic mass is 16.1. The Labute approximate surface area is 85.4 Å². The summed E-state index contributed by atoms with van der Waals surface area (Å²) >= 11 is 0. The lowest BCUT2D eigenvalue weighted by Crippen LogP contribution is -2.38. The quantitative estimate of drug-likeness (QED) is 0.521. The van der Waals surface area contributed by atoms with Crippen LogP contribution in [0.4, 0.5) is 5.82 Å². The van der Waals surface area contributed by atoms with E-state index in [4.69, 9.17) is 0 Å². The number of aromatic nitrogens is 2. The van der Waals surface area contributed by atoms with E-state index in [1.165, 1.54) is 6.33 Å². The third kappa shape index (κ3) is 1.52. The molecule has 1 aromatic rings. The van der Waals surface area contributed by atoms with E-state index in [1.807, 2.05) is 0 Å². The summed E-state index contributed by atoms with van der Waals surface area (Å²) in [5.74, 6) is 0.743. The van der Waals surface area contributed by atoms with Crippen LogP contribution in [0, 0.1) is 0 Å². The van der Waals surface area contributed by atoms with Crippen LogP contribution in [0.25, 0.3) is 0 Å². The van der Waals surface area contributed by atoms with Gasteiger partial charge in [0.25, 0.3) is 5.56 Å². The predicted octanol–water partition coefficient (Wildman–Crippen LogP) is -0.854. The molecule has 0 fully saturated rings. The number of anilines is 1. The van der Waals surface area contributed by atoms with E-state index < -0.39 is 0 Å². The van der Waals surface area contributed by atoms with Gasteiger partial charge in [0.15, 0.2) is 12.1 Å². The van der Waals surface area contributed by atoms with Gasteiger partial charge in [-0.3, -0.25) is 10.1 Å². The van der Waals surface area contributed by atoms with Gasteiger partial charge < -0.3 is 10.3 Å². The van der Waals surface area contributed by atoms with Gasteiger partial charge in [0.1, 0.15) is 11.4 Å². The van der Waals surface area contributed by atoms with Crippen molar-refractivity contribution in [2.75, 3.05) is 12.4 Å². The van der Waals surface area contributed by atoms with Crippen molar-refractivity contribution in [2.24, 2.45) is 9.98 Å². The Morgan fingerprint density at radius 2 is 2.47 bits per heavy atom. The van der Waals surface area contributed by atoms with Gasteiger partial charge in [0.2, 0.25) is 0 Å². The van der Waals surface area contributed by atoms with Gasteiger partial charge in [-0.25, -0.2) is 15.0 Å². The number of nitrogens with one attached hydrogen (secondary N) is 3. The summed E-state index contributed by atoms with van der Waals surface area (Å²) in [5, 5.41) is 5.82. The molecule has 1 aliphatic rings. The van der Waals surface area contributed by atoms with Crippen LogP contribution in [0.1, 0.15) is 5.56 Å². The molecule has 2 rings (SSSR count). The number of H-pyrrole nitrogens is 1. The summed E-state index contributed by atoms with van der Waals surface area (Å²) in [5.41, 5.74) is 0.0344. The molecule has 1 atom stereocenters. The molecule has 0 amide bonds. The zero-order chi connectivity index (χ0) is 10.8. The van der Waals surface area contributed by atoms with Crippen LogP contribution in [0.5, 0.6) is 0 Å². The molecule has 0 aromatic carbocycles. The average molecular weight is 206 g/mol. The van der Waals surface area contributed by atoms with E-state index >= 15 is 0 Å². The van der Waals surface area contributed by atoms with Crippen LogP contribution < -0.4 is 16.2 Å². The second kappa shape index (κ2) is 3.62. The minimum absolute atomic E-state index is 0.284. The highest BCUT2D eigenvalue weighted by Crippen LogP contribution is 2.14. The van der Waals surface area contributed by atoms with E-state index in [2.05, 4.69) is 37.3 Å². The normalized spacial score (nSPS) is 18.7. The number of rotatable bonds is 1. The van der Waals surface area contributed by atoms with Gasteiger partial charge in [0, 0.05) is 0 Å². The van der Waals surface area contributed by atoms with Crippen molar-refractivity contribution in [2.45, 2.75) is 6.29 Å². The van der Waals surface area contributed by atoms with E-state index in [9.17, 15) is 4.79 Å². The van der Waals surface area contributed by atoms with Crippen LogP contribution in [-0.2, 0) is 0 Å². The molecule has 1 unspecified atom stereocenters. The number of aromatic amines is 1. The minimum Gasteiger partial charge on any atom is -0.335 e. The first-order chi connectivity index (χ1) is 7.26. The molecular formula is C8H10N6O. The van der Waals surface area contributed by atoms with E-state index in [0.29, 0.717) is 11.4 Å². The van der Waals surface area contributed by atoms with Crippen LogP contribution >= 0.6 is 0 Å². The molecule has 2 heterocycles. The number of hydrogen-bond donors (Lipinski definition) is 3. The summed E-state index contributed by atoms with van der Waals surface area (Å²) in [7, 11) is 1.74. The predicted molar refractivity (Wildman–Crippen MR) is 57.4 cm³/mol. The lowest BCUT2D eigenvalue weighted by atomic mass is 10.2. The number of fused-ring (bicyclic) bond motifs is 1. The van der Waals surface area contributed by atoms with Gasteiger partial charge in [-0.1, -0.05) is 0 Å². The Hall–Kier alpha value is -2.02. The molecular weight excluding hydrogens is 196 g/mol. The molecule has 0 aliphatic carbocycles. The highest BCUT2D eigenvalue weighted by molar-refractivity contribution is 6.05. The van der Waals surface area contributed by atoms with Crippen molar-refractivity contribution >= 4 is 18.4 Å². The zero-order valence-corrected chi connectivity index (χ0v) is 8.11. The SMILES string of the molecule is C=NC1=NC(NC)Nc2nc[nH]c(=O)c21. The van der Waals surface area contributed by atoms with Crippen molar-refractivity contribution < 1.29 is 0 Å². The van der Waals surface area contributed by atoms with Crippen molar-refractivity contribution in [1.29, 1.82) is 0 Å². The molecule has 1 aliphatic heterocycles. The van der Waals surface area contributed by atoms with E-state index in [-0.39, 0.29) is 17.7 Å². The molecule has 7 heteroatoms. The van der Waals surface area contributed by atoms with Gasteiger partial charge in [0.05, 0.1) is 6.33 Å². The van der Waals surface area contributed by atoms with Crippen molar-refractivity contribution in [3.05, 3.63) is 22.2 Å². The fourth-order valence-corrected chi connectivity index (χ4v) is 1.32. The second-order valence-corrected chi connectivity index (χ2v) is 2.90. The molecule has 0 saturated heterocycles. The van der Waals surface area contributed by atoms with Crippen molar-refractivity contribution in [3.63, 3.8) is 0 Å². The summed E-state index contributed by atoms with van der Waals surface area (Å²) in [6.07, 6.45) is 0.986. The van der Waals surface area contributed by atoms with Crippen LogP contribution in [0.15, 0.2) is 21.1 Å².